The van der Waals surface area contributed by atoms with Crippen LogP contribution in [0.15, 0.2) is 28.7 Å². The van der Waals surface area contributed by atoms with Crippen LogP contribution in [0.4, 0.5) is 0 Å². The Morgan fingerprint density at radius 3 is 2.89 bits per heavy atom. The van der Waals surface area contributed by atoms with Crippen LogP contribution in [-0.4, -0.2) is 18.0 Å². The molecule has 18 heavy (non-hydrogen) atoms. The molecule has 3 nitrogen and oxygen atoms in total. The largest absolute Gasteiger partial charge is 0.370 e. The van der Waals surface area contributed by atoms with Crippen LogP contribution < -0.4 is 11.1 Å². The lowest BCUT2D eigenvalue weighted by Crippen LogP contribution is -2.45. The summed E-state index contributed by atoms with van der Waals surface area (Å²) in [6.07, 6.45) is 2.69. The minimum Gasteiger partial charge on any atom is -0.370 e. The predicted molar refractivity (Wildman–Crippen MR) is 76.3 cm³/mol. The topological polar surface area (TPSA) is 55.1 Å². The van der Waals surface area contributed by atoms with E-state index in [1.807, 2.05) is 13.0 Å². The van der Waals surface area contributed by atoms with Gasteiger partial charge in [0.15, 0.2) is 0 Å². The molecule has 1 amide bonds. The summed E-state index contributed by atoms with van der Waals surface area (Å²) in [7, 11) is 0. The molecule has 0 aliphatic heterocycles. The minimum atomic E-state index is -0.238. The lowest BCUT2D eigenvalue weighted by Gasteiger charge is -2.38. The second kappa shape index (κ2) is 5.85. The van der Waals surface area contributed by atoms with Gasteiger partial charge < -0.3 is 11.1 Å². The SMILES string of the molecule is CC(CC(N)=O)NC1CC(c2cccc(Br)c2)C1. The Morgan fingerprint density at radius 1 is 1.56 bits per heavy atom. The molecule has 0 spiro atoms. The fourth-order valence-corrected chi connectivity index (χ4v) is 2.97. The zero-order valence-corrected chi connectivity index (χ0v) is 12.1. The zero-order valence-electron chi connectivity index (χ0n) is 10.5. The molecule has 0 heterocycles. The van der Waals surface area contributed by atoms with Gasteiger partial charge in [0, 0.05) is 23.0 Å². The van der Waals surface area contributed by atoms with Crippen molar-refractivity contribution in [2.24, 2.45) is 5.73 Å². The number of nitrogens with one attached hydrogen (secondary N) is 1. The monoisotopic (exact) mass is 310 g/mol. The third-order valence-electron chi connectivity index (χ3n) is 3.49. The third kappa shape index (κ3) is 3.56. The van der Waals surface area contributed by atoms with Gasteiger partial charge in [0.2, 0.25) is 5.91 Å². The van der Waals surface area contributed by atoms with Gasteiger partial charge in [-0.25, -0.2) is 0 Å². The number of halogens is 1. The molecule has 3 N–H and O–H groups in total. The molecule has 1 unspecified atom stereocenters. The summed E-state index contributed by atoms with van der Waals surface area (Å²) in [6, 6.07) is 9.19. The molecule has 1 aromatic rings. The Morgan fingerprint density at radius 2 is 2.28 bits per heavy atom. The number of hydrogen-bond donors (Lipinski definition) is 2. The number of benzene rings is 1. The van der Waals surface area contributed by atoms with Gasteiger partial charge in [-0.05, 0) is 43.4 Å². The zero-order chi connectivity index (χ0) is 13.1. The molecule has 1 fully saturated rings. The van der Waals surface area contributed by atoms with E-state index in [0.717, 1.165) is 17.3 Å². The molecule has 0 saturated heterocycles. The van der Waals surface area contributed by atoms with Crippen molar-refractivity contribution >= 4 is 21.8 Å². The highest BCUT2D eigenvalue weighted by atomic mass is 79.9. The van der Waals surface area contributed by atoms with Crippen LogP contribution in [0.5, 0.6) is 0 Å². The second-order valence-corrected chi connectivity index (χ2v) is 6.07. The molecule has 4 heteroatoms. The third-order valence-corrected chi connectivity index (χ3v) is 3.98. The highest BCUT2D eigenvalue weighted by molar-refractivity contribution is 9.10. The van der Waals surface area contributed by atoms with E-state index in [4.69, 9.17) is 5.73 Å². The van der Waals surface area contributed by atoms with Gasteiger partial charge in [0.25, 0.3) is 0 Å². The maximum absolute atomic E-state index is 10.8. The maximum Gasteiger partial charge on any atom is 0.218 e. The van der Waals surface area contributed by atoms with E-state index in [9.17, 15) is 4.79 Å². The van der Waals surface area contributed by atoms with Crippen LogP contribution in [0.3, 0.4) is 0 Å². The van der Waals surface area contributed by atoms with E-state index >= 15 is 0 Å². The van der Waals surface area contributed by atoms with Crippen LogP contribution in [-0.2, 0) is 4.79 Å². The maximum atomic E-state index is 10.8. The summed E-state index contributed by atoms with van der Waals surface area (Å²) in [5.41, 5.74) is 6.57. The Kier molecular flexibility index (Phi) is 4.40. The summed E-state index contributed by atoms with van der Waals surface area (Å²) in [4.78, 5) is 10.8. The first-order valence-corrected chi connectivity index (χ1v) is 7.13. The molecule has 2 rings (SSSR count). The van der Waals surface area contributed by atoms with Crippen molar-refractivity contribution in [3.05, 3.63) is 34.3 Å². The van der Waals surface area contributed by atoms with Gasteiger partial charge in [-0.1, -0.05) is 28.1 Å². The summed E-state index contributed by atoms with van der Waals surface area (Å²) in [6.45, 7) is 2.01. The number of amides is 1. The van der Waals surface area contributed by atoms with Gasteiger partial charge in [0.05, 0.1) is 0 Å². The number of carbonyl (C=O) groups excluding carboxylic acids is 1. The summed E-state index contributed by atoms with van der Waals surface area (Å²) in [5, 5.41) is 3.45. The molecular weight excluding hydrogens is 292 g/mol. The molecule has 98 valence electrons. The Bertz CT molecular complexity index is 430. The lowest BCUT2D eigenvalue weighted by atomic mass is 9.75. The van der Waals surface area contributed by atoms with Crippen molar-refractivity contribution < 1.29 is 4.79 Å². The Hall–Kier alpha value is -0.870. The average molecular weight is 311 g/mol. The fourth-order valence-electron chi connectivity index (χ4n) is 2.55. The van der Waals surface area contributed by atoms with Crippen molar-refractivity contribution in [3.8, 4) is 0 Å². The van der Waals surface area contributed by atoms with E-state index in [1.54, 1.807) is 0 Å². The highest BCUT2D eigenvalue weighted by Crippen LogP contribution is 2.37. The quantitative estimate of drug-likeness (QED) is 0.878. The number of carbonyl (C=O) groups is 1. The van der Waals surface area contributed by atoms with E-state index in [-0.39, 0.29) is 11.9 Å². The van der Waals surface area contributed by atoms with E-state index in [1.165, 1.54) is 5.56 Å². The van der Waals surface area contributed by atoms with Gasteiger partial charge in [-0.15, -0.1) is 0 Å². The summed E-state index contributed by atoms with van der Waals surface area (Å²) >= 11 is 3.50. The number of primary amides is 1. The standard InChI is InChI=1S/C14H19BrN2O/c1-9(5-14(16)18)17-13-7-11(8-13)10-3-2-4-12(15)6-10/h2-4,6,9,11,13,17H,5,7-8H2,1H3,(H2,16,18). The molecule has 0 bridgehead atoms. The Labute approximate surface area is 116 Å². The summed E-state index contributed by atoms with van der Waals surface area (Å²) in [5.74, 6) is 0.402. The van der Waals surface area contributed by atoms with Crippen molar-refractivity contribution in [1.82, 2.24) is 5.32 Å². The predicted octanol–water partition coefficient (Wildman–Crippen LogP) is 2.55. The van der Waals surface area contributed by atoms with Gasteiger partial charge in [0.1, 0.15) is 0 Å². The number of rotatable bonds is 5. The Balaban J connectivity index is 1.78. The van der Waals surface area contributed by atoms with Gasteiger partial charge in [-0.3, -0.25) is 4.79 Å². The molecule has 1 aliphatic rings. The van der Waals surface area contributed by atoms with Crippen molar-refractivity contribution in [2.75, 3.05) is 0 Å². The smallest absolute Gasteiger partial charge is 0.218 e. The van der Waals surface area contributed by atoms with Crippen LogP contribution in [0.1, 0.15) is 37.7 Å². The number of nitrogens with two attached hydrogens (primary N) is 1. The summed E-state index contributed by atoms with van der Waals surface area (Å²) < 4.78 is 1.14. The molecule has 0 aromatic heterocycles. The van der Waals surface area contributed by atoms with E-state index < -0.39 is 0 Å². The van der Waals surface area contributed by atoms with E-state index in [0.29, 0.717) is 18.4 Å². The van der Waals surface area contributed by atoms with Crippen molar-refractivity contribution in [1.29, 1.82) is 0 Å². The highest BCUT2D eigenvalue weighted by Gasteiger charge is 2.31. The van der Waals surface area contributed by atoms with Crippen LogP contribution in [0, 0.1) is 0 Å². The fraction of sp³-hybridized carbons (Fsp3) is 0.500. The first kappa shape index (κ1) is 13.6. The van der Waals surface area contributed by atoms with Crippen molar-refractivity contribution in [2.45, 2.75) is 44.2 Å². The first-order valence-electron chi connectivity index (χ1n) is 6.34. The first-order chi connectivity index (χ1) is 8.54. The van der Waals surface area contributed by atoms with Gasteiger partial charge in [-0.2, -0.15) is 0 Å². The van der Waals surface area contributed by atoms with Crippen molar-refractivity contribution in [3.63, 3.8) is 0 Å². The normalized spacial score (nSPS) is 24.3. The average Bonchev–Trinajstić information content (AvgIpc) is 2.21. The molecule has 1 aliphatic carbocycles. The van der Waals surface area contributed by atoms with Crippen LogP contribution in [0.25, 0.3) is 0 Å². The second-order valence-electron chi connectivity index (χ2n) is 5.16. The molecule has 1 atom stereocenters. The molecule has 0 radical (unpaired) electrons. The van der Waals surface area contributed by atoms with E-state index in [2.05, 4.69) is 39.4 Å². The molecular formula is C14H19BrN2O. The minimum absolute atomic E-state index is 0.177. The molecule has 1 saturated carbocycles. The van der Waals surface area contributed by atoms with Crippen LogP contribution in [0.2, 0.25) is 0 Å². The van der Waals surface area contributed by atoms with Gasteiger partial charge >= 0.3 is 0 Å². The lowest BCUT2D eigenvalue weighted by molar-refractivity contribution is -0.118. The van der Waals surface area contributed by atoms with Crippen LogP contribution >= 0.6 is 15.9 Å². The molecule has 1 aromatic carbocycles. The number of hydrogen-bond acceptors (Lipinski definition) is 2.